The van der Waals surface area contributed by atoms with E-state index in [0.717, 1.165) is 30.5 Å². The fraction of sp³-hybridized carbons (Fsp3) is 0.692. The summed E-state index contributed by atoms with van der Waals surface area (Å²) in [7, 11) is 1.87. The van der Waals surface area contributed by atoms with Gasteiger partial charge in [0.2, 0.25) is 5.95 Å². The number of hydrogen-bond acceptors (Lipinski definition) is 4. The Bertz CT molecular complexity index is 356. The first-order valence-electron chi connectivity index (χ1n) is 6.58. The maximum absolute atomic E-state index is 4.55. The van der Waals surface area contributed by atoms with E-state index in [1.807, 2.05) is 14.0 Å². The first-order valence-corrected chi connectivity index (χ1v) is 6.58. The van der Waals surface area contributed by atoms with Crippen molar-refractivity contribution in [1.29, 1.82) is 0 Å². The average Bonchev–Trinajstić information content (AvgIpc) is 2.27. The molecule has 0 spiro atoms. The minimum absolute atomic E-state index is 0.724. The molecule has 4 heteroatoms. The highest BCUT2D eigenvalue weighted by molar-refractivity contribution is 5.44. The Kier molecular flexibility index (Phi) is 4.18. The van der Waals surface area contributed by atoms with Gasteiger partial charge in [0.05, 0.1) is 0 Å². The van der Waals surface area contributed by atoms with E-state index in [2.05, 4.69) is 26.3 Å². The smallest absolute Gasteiger partial charge is 0.224 e. The second-order valence-corrected chi connectivity index (χ2v) is 4.70. The third-order valence-corrected chi connectivity index (χ3v) is 3.24. The number of hydrogen-bond donors (Lipinski definition) is 1. The molecule has 0 radical (unpaired) electrons. The zero-order valence-electron chi connectivity index (χ0n) is 10.9. The van der Waals surface area contributed by atoms with Gasteiger partial charge in [0, 0.05) is 31.9 Å². The highest BCUT2D eigenvalue weighted by atomic mass is 15.2. The fourth-order valence-corrected chi connectivity index (χ4v) is 2.30. The lowest BCUT2D eigenvalue weighted by Crippen LogP contribution is -2.28. The third kappa shape index (κ3) is 3.32. The van der Waals surface area contributed by atoms with E-state index >= 15 is 0 Å². The summed E-state index contributed by atoms with van der Waals surface area (Å²) in [6.07, 6.45) is 6.63. The summed E-state index contributed by atoms with van der Waals surface area (Å²) in [6, 6.07) is 2.09. The highest BCUT2D eigenvalue weighted by Crippen LogP contribution is 2.19. The van der Waals surface area contributed by atoms with Crippen molar-refractivity contribution in [3.8, 4) is 0 Å². The van der Waals surface area contributed by atoms with Crippen LogP contribution < -0.4 is 10.2 Å². The number of anilines is 2. The molecule has 0 amide bonds. The van der Waals surface area contributed by atoms with Crippen LogP contribution in [0.2, 0.25) is 0 Å². The van der Waals surface area contributed by atoms with Crippen LogP contribution in [0.4, 0.5) is 11.8 Å². The van der Waals surface area contributed by atoms with Crippen molar-refractivity contribution >= 4 is 11.8 Å². The Morgan fingerprint density at radius 2 is 1.71 bits per heavy atom. The Labute approximate surface area is 103 Å². The van der Waals surface area contributed by atoms with E-state index in [1.54, 1.807) is 0 Å². The molecule has 0 atom stereocenters. The molecule has 1 fully saturated rings. The Balaban J connectivity index is 2.15. The van der Waals surface area contributed by atoms with Crippen LogP contribution in [0.3, 0.4) is 0 Å². The second-order valence-electron chi connectivity index (χ2n) is 4.70. The minimum Gasteiger partial charge on any atom is -0.357 e. The van der Waals surface area contributed by atoms with Crippen LogP contribution in [0.1, 0.15) is 37.8 Å². The molecule has 0 saturated carbocycles. The van der Waals surface area contributed by atoms with Gasteiger partial charge in [-0.2, -0.15) is 4.98 Å². The fourth-order valence-electron chi connectivity index (χ4n) is 2.30. The van der Waals surface area contributed by atoms with Gasteiger partial charge in [-0.1, -0.05) is 19.3 Å². The van der Waals surface area contributed by atoms with Crippen molar-refractivity contribution in [1.82, 2.24) is 9.97 Å². The van der Waals surface area contributed by atoms with Gasteiger partial charge in [0.1, 0.15) is 5.82 Å². The molecular weight excluding hydrogens is 212 g/mol. The van der Waals surface area contributed by atoms with E-state index in [0.29, 0.717) is 0 Å². The Hall–Kier alpha value is -1.32. The van der Waals surface area contributed by atoms with Gasteiger partial charge >= 0.3 is 0 Å². The second kappa shape index (κ2) is 5.84. The van der Waals surface area contributed by atoms with E-state index in [-0.39, 0.29) is 0 Å². The number of nitrogens with one attached hydrogen (secondary N) is 1. The summed E-state index contributed by atoms with van der Waals surface area (Å²) in [4.78, 5) is 11.3. The molecule has 1 aliphatic heterocycles. The molecule has 0 aromatic carbocycles. The van der Waals surface area contributed by atoms with E-state index < -0.39 is 0 Å². The lowest BCUT2D eigenvalue weighted by molar-refractivity contribution is 0.553. The van der Waals surface area contributed by atoms with E-state index in [4.69, 9.17) is 0 Å². The molecule has 17 heavy (non-hydrogen) atoms. The SMILES string of the molecule is CNc1nc(C)cc(N2CCCCCCC2)n1. The van der Waals surface area contributed by atoms with Gasteiger partial charge in [0.15, 0.2) is 0 Å². The van der Waals surface area contributed by atoms with Crippen molar-refractivity contribution in [2.24, 2.45) is 0 Å². The lowest BCUT2D eigenvalue weighted by atomic mass is 10.1. The van der Waals surface area contributed by atoms with E-state index in [9.17, 15) is 0 Å². The van der Waals surface area contributed by atoms with Crippen molar-refractivity contribution in [2.75, 3.05) is 30.4 Å². The van der Waals surface area contributed by atoms with Crippen LogP contribution in [0.15, 0.2) is 6.07 Å². The summed E-state index contributed by atoms with van der Waals surface area (Å²) in [5.74, 6) is 1.80. The number of aryl methyl sites for hydroxylation is 1. The predicted molar refractivity (Wildman–Crippen MR) is 71.6 cm³/mol. The number of nitrogens with zero attached hydrogens (tertiary/aromatic N) is 3. The van der Waals surface area contributed by atoms with Crippen LogP contribution in [0.5, 0.6) is 0 Å². The zero-order valence-corrected chi connectivity index (χ0v) is 10.9. The average molecular weight is 234 g/mol. The van der Waals surface area contributed by atoms with Crippen LogP contribution in [0, 0.1) is 6.92 Å². The van der Waals surface area contributed by atoms with Crippen molar-refractivity contribution in [3.63, 3.8) is 0 Å². The minimum atomic E-state index is 0.724. The molecule has 1 aromatic heterocycles. The number of rotatable bonds is 2. The van der Waals surface area contributed by atoms with Crippen molar-refractivity contribution < 1.29 is 0 Å². The van der Waals surface area contributed by atoms with Gasteiger partial charge in [0.25, 0.3) is 0 Å². The van der Waals surface area contributed by atoms with Crippen LogP contribution >= 0.6 is 0 Å². The molecule has 0 unspecified atom stereocenters. The van der Waals surface area contributed by atoms with Gasteiger partial charge in [-0.3, -0.25) is 0 Å². The highest BCUT2D eigenvalue weighted by Gasteiger charge is 2.11. The maximum atomic E-state index is 4.55. The first-order chi connectivity index (χ1) is 8.29. The number of aromatic nitrogens is 2. The quantitative estimate of drug-likeness (QED) is 0.854. The maximum Gasteiger partial charge on any atom is 0.224 e. The normalized spacial score (nSPS) is 17.4. The lowest BCUT2D eigenvalue weighted by Gasteiger charge is -2.26. The Morgan fingerprint density at radius 3 is 2.35 bits per heavy atom. The zero-order chi connectivity index (χ0) is 12.1. The van der Waals surface area contributed by atoms with Crippen LogP contribution in [0.25, 0.3) is 0 Å². The molecule has 0 bridgehead atoms. The van der Waals surface area contributed by atoms with Crippen molar-refractivity contribution in [3.05, 3.63) is 11.8 Å². The summed E-state index contributed by atoms with van der Waals surface area (Å²) < 4.78 is 0. The summed E-state index contributed by atoms with van der Waals surface area (Å²) >= 11 is 0. The van der Waals surface area contributed by atoms with Crippen LogP contribution in [-0.2, 0) is 0 Å². The van der Waals surface area contributed by atoms with Gasteiger partial charge in [-0.15, -0.1) is 0 Å². The molecule has 4 nitrogen and oxygen atoms in total. The van der Waals surface area contributed by atoms with Gasteiger partial charge in [-0.05, 0) is 19.8 Å². The van der Waals surface area contributed by atoms with Crippen molar-refractivity contribution in [2.45, 2.75) is 39.0 Å². The van der Waals surface area contributed by atoms with Gasteiger partial charge < -0.3 is 10.2 Å². The summed E-state index contributed by atoms with van der Waals surface area (Å²) in [5.41, 5.74) is 1.03. The third-order valence-electron chi connectivity index (χ3n) is 3.24. The molecule has 2 heterocycles. The molecule has 1 aromatic rings. The molecule has 94 valence electrons. The van der Waals surface area contributed by atoms with Crippen LogP contribution in [-0.4, -0.2) is 30.1 Å². The molecule has 1 N–H and O–H groups in total. The standard InChI is InChI=1S/C13H22N4/c1-11-10-12(16-13(14-2)15-11)17-8-6-4-3-5-7-9-17/h10H,3-9H2,1-2H3,(H,14,15,16). The topological polar surface area (TPSA) is 41.1 Å². The molecule has 1 aliphatic rings. The molecule has 1 saturated heterocycles. The summed E-state index contributed by atoms with van der Waals surface area (Å²) in [5, 5.41) is 3.03. The van der Waals surface area contributed by atoms with Gasteiger partial charge in [-0.25, -0.2) is 4.98 Å². The molecular formula is C13H22N4. The van der Waals surface area contributed by atoms with E-state index in [1.165, 1.54) is 32.1 Å². The monoisotopic (exact) mass is 234 g/mol. The Morgan fingerprint density at radius 1 is 1.06 bits per heavy atom. The molecule has 2 rings (SSSR count). The molecule has 0 aliphatic carbocycles. The largest absolute Gasteiger partial charge is 0.357 e. The first kappa shape index (κ1) is 12.1. The predicted octanol–water partition coefficient (Wildman–Crippen LogP) is 2.60. The summed E-state index contributed by atoms with van der Waals surface area (Å²) in [6.45, 7) is 4.27.